The van der Waals surface area contributed by atoms with E-state index in [9.17, 15) is 8.42 Å². The van der Waals surface area contributed by atoms with Crippen LogP contribution in [0.1, 0.15) is 46.0 Å². The van der Waals surface area contributed by atoms with Gasteiger partial charge in [-0.2, -0.15) is 0 Å². The van der Waals surface area contributed by atoms with Crippen molar-refractivity contribution in [2.24, 2.45) is 5.92 Å². The van der Waals surface area contributed by atoms with Crippen LogP contribution < -0.4 is 9.46 Å². The number of nitrogens with one attached hydrogen (secondary N) is 1. The number of benzene rings is 1. The molecular formula is C18H31NO4S. The molecule has 24 heavy (non-hydrogen) atoms. The van der Waals surface area contributed by atoms with Gasteiger partial charge in [0.25, 0.3) is 0 Å². The fourth-order valence-corrected chi connectivity index (χ4v) is 3.44. The SMILES string of the molecule is CCCCC(CC)COCCCNS(=O)(=O)c1ccc(OC)cc1. The maximum atomic E-state index is 12.1. The summed E-state index contributed by atoms with van der Waals surface area (Å²) >= 11 is 0. The van der Waals surface area contributed by atoms with Crippen LogP contribution in [0.3, 0.4) is 0 Å². The van der Waals surface area contributed by atoms with Crippen molar-refractivity contribution < 1.29 is 17.9 Å². The second-order valence-electron chi connectivity index (χ2n) is 5.92. The van der Waals surface area contributed by atoms with Gasteiger partial charge in [0, 0.05) is 19.8 Å². The molecule has 5 nitrogen and oxygen atoms in total. The van der Waals surface area contributed by atoms with E-state index in [0.717, 1.165) is 13.0 Å². The third-order valence-corrected chi connectivity index (χ3v) is 5.50. The highest BCUT2D eigenvalue weighted by Crippen LogP contribution is 2.15. The van der Waals surface area contributed by atoms with E-state index in [1.54, 1.807) is 19.2 Å². The fraction of sp³-hybridized carbons (Fsp3) is 0.667. The van der Waals surface area contributed by atoms with Crippen LogP contribution in [-0.4, -0.2) is 35.3 Å². The van der Waals surface area contributed by atoms with Crippen molar-refractivity contribution in [1.82, 2.24) is 4.72 Å². The van der Waals surface area contributed by atoms with E-state index in [0.29, 0.717) is 31.2 Å². The van der Waals surface area contributed by atoms with Gasteiger partial charge in [0.1, 0.15) is 5.75 Å². The number of methoxy groups -OCH3 is 1. The van der Waals surface area contributed by atoms with Crippen molar-refractivity contribution in [2.45, 2.75) is 50.8 Å². The van der Waals surface area contributed by atoms with Gasteiger partial charge in [0.15, 0.2) is 0 Å². The highest BCUT2D eigenvalue weighted by atomic mass is 32.2. The molecule has 0 spiro atoms. The van der Waals surface area contributed by atoms with Crippen LogP contribution in [0.25, 0.3) is 0 Å². The quantitative estimate of drug-likeness (QED) is 0.548. The van der Waals surface area contributed by atoms with Gasteiger partial charge >= 0.3 is 0 Å². The van der Waals surface area contributed by atoms with Crippen LogP contribution >= 0.6 is 0 Å². The molecule has 0 aliphatic heterocycles. The monoisotopic (exact) mass is 357 g/mol. The molecule has 0 aliphatic rings. The predicted molar refractivity (Wildman–Crippen MR) is 96.9 cm³/mol. The summed E-state index contributed by atoms with van der Waals surface area (Å²) in [6.45, 7) is 6.10. The molecule has 1 aromatic rings. The minimum Gasteiger partial charge on any atom is -0.497 e. The largest absolute Gasteiger partial charge is 0.497 e. The molecule has 0 saturated heterocycles. The molecule has 1 unspecified atom stereocenters. The van der Waals surface area contributed by atoms with Crippen molar-refractivity contribution in [3.8, 4) is 5.75 Å². The van der Waals surface area contributed by atoms with E-state index in [-0.39, 0.29) is 4.90 Å². The van der Waals surface area contributed by atoms with Crippen LogP contribution in [0.15, 0.2) is 29.2 Å². The molecule has 0 radical (unpaired) electrons. The molecule has 0 aliphatic carbocycles. The number of hydrogen-bond donors (Lipinski definition) is 1. The van der Waals surface area contributed by atoms with Crippen LogP contribution in [0.2, 0.25) is 0 Å². The Bertz CT molecular complexity index is 543. The molecule has 0 saturated carbocycles. The third-order valence-electron chi connectivity index (χ3n) is 4.02. The van der Waals surface area contributed by atoms with Gasteiger partial charge in [-0.25, -0.2) is 13.1 Å². The van der Waals surface area contributed by atoms with Crippen molar-refractivity contribution in [1.29, 1.82) is 0 Å². The second-order valence-corrected chi connectivity index (χ2v) is 7.69. The maximum Gasteiger partial charge on any atom is 0.240 e. The van der Waals surface area contributed by atoms with Crippen LogP contribution in [0.4, 0.5) is 0 Å². The van der Waals surface area contributed by atoms with E-state index in [1.165, 1.54) is 31.4 Å². The fourth-order valence-electron chi connectivity index (χ4n) is 2.37. The lowest BCUT2D eigenvalue weighted by Gasteiger charge is -2.14. The molecule has 1 atom stereocenters. The number of rotatable bonds is 13. The summed E-state index contributed by atoms with van der Waals surface area (Å²) in [7, 11) is -1.92. The Labute approximate surface area is 146 Å². The van der Waals surface area contributed by atoms with Gasteiger partial charge in [-0.05, 0) is 43.0 Å². The summed E-state index contributed by atoms with van der Waals surface area (Å²) in [5.41, 5.74) is 0. The van der Waals surface area contributed by atoms with Crippen molar-refractivity contribution in [3.05, 3.63) is 24.3 Å². The van der Waals surface area contributed by atoms with Crippen molar-refractivity contribution in [3.63, 3.8) is 0 Å². The molecule has 1 rings (SSSR count). The standard InChI is InChI=1S/C18H31NO4S/c1-4-6-8-16(5-2)15-23-14-7-13-19-24(20,21)18-11-9-17(22-3)10-12-18/h9-12,16,19H,4-8,13-15H2,1-3H3. The van der Waals surface area contributed by atoms with Gasteiger partial charge in [-0.1, -0.05) is 33.1 Å². The van der Waals surface area contributed by atoms with Crippen molar-refractivity contribution in [2.75, 3.05) is 26.9 Å². The Morgan fingerprint density at radius 3 is 2.42 bits per heavy atom. The summed E-state index contributed by atoms with van der Waals surface area (Å²) in [6, 6.07) is 6.35. The summed E-state index contributed by atoms with van der Waals surface area (Å²) in [5, 5.41) is 0. The minimum absolute atomic E-state index is 0.245. The Kier molecular flexibility index (Phi) is 9.98. The summed E-state index contributed by atoms with van der Waals surface area (Å²) in [4.78, 5) is 0.245. The first-order valence-electron chi connectivity index (χ1n) is 8.75. The average Bonchev–Trinajstić information content (AvgIpc) is 2.60. The molecule has 0 aromatic heterocycles. The predicted octanol–water partition coefficient (Wildman–Crippen LogP) is 3.60. The van der Waals surface area contributed by atoms with E-state index >= 15 is 0 Å². The molecule has 6 heteroatoms. The zero-order chi connectivity index (χ0) is 17.8. The van der Waals surface area contributed by atoms with E-state index in [2.05, 4.69) is 18.6 Å². The normalized spacial score (nSPS) is 13.0. The Morgan fingerprint density at radius 2 is 1.83 bits per heavy atom. The Hall–Kier alpha value is -1.11. The average molecular weight is 358 g/mol. The molecule has 0 fully saturated rings. The molecular weight excluding hydrogens is 326 g/mol. The number of sulfonamides is 1. The Balaban J connectivity index is 2.26. The van der Waals surface area contributed by atoms with Crippen LogP contribution in [0, 0.1) is 5.92 Å². The highest BCUT2D eigenvalue weighted by molar-refractivity contribution is 7.89. The lowest BCUT2D eigenvalue weighted by atomic mass is 10.0. The molecule has 0 amide bonds. The van der Waals surface area contributed by atoms with Crippen LogP contribution in [-0.2, 0) is 14.8 Å². The van der Waals surface area contributed by atoms with E-state index in [1.807, 2.05) is 0 Å². The van der Waals surface area contributed by atoms with Gasteiger partial charge in [0.2, 0.25) is 10.0 Å². The number of unbranched alkanes of at least 4 members (excludes halogenated alkanes) is 1. The number of ether oxygens (including phenoxy) is 2. The minimum atomic E-state index is -3.47. The molecule has 1 N–H and O–H groups in total. The zero-order valence-electron chi connectivity index (χ0n) is 15.1. The van der Waals surface area contributed by atoms with E-state index < -0.39 is 10.0 Å². The first-order valence-corrected chi connectivity index (χ1v) is 10.2. The van der Waals surface area contributed by atoms with Crippen molar-refractivity contribution >= 4 is 10.0 Å². The van der Waals surface area contributed by atoms with Gasteiger partial charge < -0.3 is 9.47 Å². The first kappa shape index (κ1) is 20.9. The van der Waals surface area contributed by atoms with Gasteiger partial charge in [0.05, 0.1) is 12.0 Å². The molecule has 0 bridgehead atoms. The highest BCUT2D eigenvalue weighted by Gasteiger charge is 2.13. The zero-order valence-corrected chi connectivity index (χ0v) is 15.9. The molecule has 1 aromatic carbocycles. The Morgan fingerprint density at radius 1 is 1.12 bits per heavy atom. The lowest BCUT2D eigenvalue weighted by molar-refractivity contribution is 0.0928. The number of hydrogen-bond acceptors (Lipinski definition) is 4. The summed E-state index contributed by atoms with van der Waals surface area (Å²) in [6.07, 6.45) is 5.45. The second kappa shape index (κ2) is 11.4. The molecule has 0 heterocycles. The molecule has 138 valence electrons. The van der Waals surface area contributed by atoms with Crippen LogP contribution in [0.5, 0.6) is 5.75 Å². The third kappa shape index (κ3) is 7.64. The maximum absolute atomic E-state index is 12.1. The lowest BCUT2D eigenvalue weighted by Crippen LogP contribution is -2.25. The summed E-state index contributed by atoms with van der Waals surface area (Å²) < 4.78 is 37.6. The van der Waals surface area contributed by atoms with E-state index in [4.69, 9.17) is 9.47 Å². The summed E-state index contributed by atoms with van der Waals surface area (Å²) in [5.74, 6) is 1.25. The smallest absolute Gasteiger partial charge is 0.240 e. The topological polar surface area (TPSA) is 64.6 Å². The van der Waals surface area contributed by atoms with Gasteiger partial charge in [-0.15, -0.1) is 0 Å². The first-order chi connectivity index (χ1) is 11.5. The van der Waals surface area contributed by atoms with Gasteiger partial charge in [-0.3, -0.25) is 0 Å².